The van der Waals surface area contributed by atoms with Gasteiger partial charge in [-0.3, -0.25) is 4.79 Å². The lowest BCUT2D eigenvalue weighted by molar-refractivity contribution is -0.275. The third-order valence-corrected chi connectivity index (χ3v) is 10.9. The van der Waals surface area contributed by atoms with Gasteiger partial charge in [-0.15, -0.1) is 19.6 Å². The Kier molecular flexibility index (Phi) is 9.05. The number of alkyl halides is 7. The molecule has 56 heavy (non-hydrogen) atoms. The first kappa shape index (κ1) is 37.7. The Labute approximate surface area is 312 Å². The van der Waals surface area contributed by atoms with Crippen LogP contribution in [0.1, 0.15) is 37.7 Å². The van der Waals surface area contributed by atoms with E-state index in [2.05, 4.69) is 30.5 Å². The van der Waals surface area contributed by atoms with Gasteiger partial charge in [-0.05, 0) is 55.7 Å². The van der Waals surface area contributed by atoms with E-state index in [0.29, 0.717) is 50.2 Å². The molecule has 0 spiro atoms. The van der Waals surface area contributed by atoms with Gasteiger partial charge in [-0.25, -0.2) is 18.2 Å². The van der Waals surface area contributed by atoms with Gasteiger partial charge in [0.2, 0.25) is 5.88 Å². The number of ether oxygens (including phenoxy) is 2. The quantitative estimate of drug-likeness (QED) is 0.155. The third-order valence-electron chi connectivity index (χ3n) is 10.9. The predicted molar refractivity (Wildman–Crippen MR) is 182 cm³/mol. The third kappa shape index (κ3) is 6.92. The average molecular weight is 795 g/mol. The van der Waals surface area contributed by atoms with Crippen molar-refractivity contribution in [2.75, 3.05) is 44.2 Å². The lowest BCUT2D eigenvalue weighted by Gasteiger charge is -2.56. The van der Waals surface area contributed by atoms with Crippen LogP contribution in [0.3, 0.4) is 0 Å². The fourth-order valence-corrected chi connectivity index (χ4v) is 8.05. The van der Waals surface area contributed by atoms with E-state index in [1.807, 2.05) is 0 Å². The molecule has 4 aromatic rings. The van der Waals surface area contributed by atoms with Crippen molar-refractivity contribution in [2.45, 2.75) is 62.9 Å². The van der Waals surface area contributed by atoms with Crippen molar-refractivity contribution in [2.24, 2.45) is 5.41 Å². The number of likely N-dealkylation sites (tertiary alicyclic amines) is 1. The number of piperidine rings is 2. The van der Waals surface area contributed by atoms with Crippen LogP contribution in [0.4, 0.5) is 45.3 Å². The molecule has 2 aromatic heterocycles. The number of hydrogen-bond acceptors (Lipinski definition) is 9. The molecular formula is C37H31F9N6O4. The van der Waals surface area contributed by atoms with E-state index in [0.717, 1.165) is 12.1 Å². The number of phenolic OH excluding ortho intramolecular Hbond substituents is 1. The number of carbonyl (C=O) groups is 1. The highest BCUT2D eigenvalue weighted by molar-refractivity contribution is 6.04. The van der Waals surface area contributed by atoms with Crippen molar-refractivity contribution >= 4 is 33.4 Å². The molecule has 1 saturated carbocycles. The Bertz CT molecular complexity index is 2270. The van der Waals surface area contributed by atoms with Crippen molar-refractivity contribution in [3.8, 4) is 41.2 Å². The number of carbonyl (C=O) groups excluding carboxylic acids is 1. The summed E-state index contributed by atoms with van der Waals surface area (Å²) in [5.41, 5.74) is -2.89. The normalized spacial score (nSPS) is 21.2. The summed E-state index contributed by atoms with van der Waals surface area (Å²) < 4.78 is 139. The number of aromatic hydroxyl groups is 1. The summed E-state index contributed by atoms with van der Waals surface area (Å²) in [4.78, 5) is 28.7. The van der Waals surface area contributed by atoms with Gasteiger partial charge in [-0.2, -0.15) is 23.1 Å². The molecule has 1 amide bonds. The first-order chi connectivity index (χ1) is 26.4. The lowest BCUT2D eigenvalue weighted by Crippen LogP contribution is -2.72. The monoisotopic (exact) mass is 794 g/mol. The van der Waals surface area contributed by atoms with Crippen LogP contribution < -0.4 is 14.4 Å². The summed E-state index contributed by atoms with van der Waals surface area (Å²) in [6.07, 6.45) is -3.58. The molecular weight excluding hydrogens is 763 g/mol. The second-order valence-corrected chi connectivity index (χ2v) is 14.7. The number of nitrogens with zero attached hydrogens (tertiary/aromatic N) is 6. The summed E-state index contributed by atoms with van der Waals surface area (Å²) in [5.74, 6) is -4.39. The van der Waals surface area contributed by atoms with Gasteiger partial charge >= 0.3 is 24.5 Å². The highest BCUT2D eigenvalue weighted by Gasteiger charge is 2.55. The Morgan fingerprint density at radius 3 is 2.32 bits per heavy atom. The van der Waals surface area contributed by atoms with E-state index in [9.17, 15) is 45.0 Å². The van der Waals surface area contributed by atoms with Crippen molar-refractivity contribution in [1.29, 1.82) is 0 Å². The van der Waals surface area contributed by atoms with Crippen LogP contribution in [-0.2, 0) is 4.79 Å². The molecule has 5 aliphatic rings. The van der Waals surface area contributed by atoms with Crippen molar-refractivity contribution in [3.63, 3.8) is 0 Å². The van der Waals surface area contributed by atoms with Crippen LogP contribution in [0.25, 0.3) is 32.9 Å². The number of rotatable bonds is 8. The molecule has 4 saturated heterocycles. The van der Waals surface area contributed by atoms with Crippen molar-refractivity contribution in [1.82, 2.24) is 24.8 Å². The number of terminal acetylenes is 1. The maximum absolute atomic E-state index is 17.1. The van der Waals surface area contributed by atoms with E-state index in [1.54, 1.807) is 0 Å². The van der Waals surface area contributed by atoms with Crippen LogP contribution in [0.5, 0.6) is 17.6 Å². The molecule has 2 bridgehead atoms. The number of benzene rings is 2. The van der Waals surface area contributed by atoms with E-state index in [-0.39, 0.29) is 36.9 Å². The van der Waals surface area contributed by atoms with Gasteiger partial charge in [0.25, 0.3) is 0 Å². The largest absolute Gasteiger partial charge is 0.574 e. The van der Waals surface area contributed by atoms with Crippen LogP contribution >= 0.6 is 0 Å². The van der Waals surface area contributed by atoms with Gasteiger partial charge in [0, 0.05) is 49.1 Å². The van der Waals surface area contributed by atoms with Crippen LogP contribution in [0.15, 0.2) is 24.3 Å². The second-order valence-electron chi connectivity index (χ2n) is 14.7. The topological polar surface area (TPSA) is 104 Å². The van der Waals surface area contributed by atoms with E-state index >= 15 is 4.39 Å². The van der Waals surface area contributed by atoms with Crippen molar-refractivity contribution in [3.05, 3.63) is 41.5 Å². The first-order valence-electron chi connectivity index (χ1n) is 17.7. The molecule has 19 heteroatoms. The number of pyridine rings is 1. The van der Waals surface area contributed by atoms with Gasteiger partial charge in [0.15, 0.2) is 5.82 Å². The van der Waals surface area contributed by atoms with Gasteiger partial charge in [-0.1, -0.05) is 12.0 Å². The standard InChI is InChI=1S/C37H31F9N6O4/c1-2-23-25(39)4-3-18-11-22(53)13-24(26(18)23)29-28(40)30-27(32(47-29)56-37(44,45)46)31(51-14-20-12-21(15-51)52(20)33(54)36(41,42)43)49-34(48-30)55-17-35(7-8-35)16-50-9-5-19(38)6-10-50/h1,3-4,11,13,19-21,53H,5-10,12,14-17H2. The zero-order chi connectivity index (χ0) is 39.9. The molecule has 2 unspecified atom stereocenters. The van der Waals surface area contributed by atoms with Crippen LogP contribution in [0, 0.1) is 29.4 Å². The summed E-state index contributed by atoms with van der Waals surface area (Å²) in [7, 11) is 0. The second kappa shape index (κ2) is 13.5. The maximum atomic E-state index is 17.1. The van der Waals surface area contributed by atoms with E-state index in [4.69, 9.17) is 11.2 Å². The first-order valence-corrected chi connectivity index (χ1v) is 17.7. The molecule has 2 aromatic carbocycles. The zero-order valence-corrected chi connectivity index (χ0v) is 29.2. The number of hydrogen-bond donors (Lipinski definition) is 1. The number of piperazine rings is 1. The summed E-state index contributed by atoms with van der Waals surface area (Å²) in [6, 6.07) is 1.81. The van der Waals surface area contributed by atoms with E-state index < -0.39 is 105 Å². The fraction of sp³-hybridized carbons (Fsp3) is 0.459. The number of aromatic nitrogens is 3. The van der Waals surface area contributed by atoms with Gasteiger partial charge < -0.3 is 29.3 Å². The molecule has 5 fully saturated rings. The number of anilines is 1. The molecule has 6 heterocycles. The lowest BCUT2D eigenvalue weighted by atomic mass is 9.87. The Hall–Kier alpha value is -5.25. The summed E-state index contributed by atoms with van der Waals surface area (Å²) in [6.45, 7) is 0.916. The van der Waals surface area contributed by atoms with Gasteiger partial charge in [0.1, 0.15) is 40.2 Å². The number of fused-ring (bicyclic) bond motifs is 4. The van der Waals surface area contributed by atoms with Crippen LogP contribution in [0.2, 0.25) is 0 Å². The summed E-state index contributed by atoms with van der Waals surface area (Å²) in [5, 5.41) is 9.78. The minimum Gasteiger partial charge on any atom is -0.508 e. The van der Waals surface area contributed by atoms with Crippen molar-refractivity contribution < 1.29 is 58.9 Å². The molecule has 296 valence electrons. The predicted octanol–water partition coefficient (Wildman–Crippen LogP) is 6.65. The highest BCUT2D eigenvalue weighted by atomic mass is 19.4. The van der Waals surface area contributed by atoms with Gasteiger partial charge in [0.05, 0.1) is 24.3 Å². The minimum atomic E-state index is -5.44. The molecule has 10 nitrogen and oxygen atoms in total. The smallest absolute Gasteiger partial charge is 0.508 e. The number of amides is 1. The molecule has 1 N–H and O–H groups in total. The molecule has 2 atom stereocenters. The molecule has 4 aliphatic heterocycles. The SMILES string of the molecule is C#Cc1c(F)ccc2cc(O)cc(-c3nc(OC(F)(F)F)c4c(N5CC6CC(C5)N6C(=O)C(F)(F)F)nc(OCC5(CN6CCC(F)CC6)CC5)nc4c3F)c12. The maximum Gasteiger partial charge on any atom is 0.574 e. The minimum absolute atomic E-state index is 0.0138. The fourth-order valence-electron chi connectivity index (χ4n) is 8.05. The Balaban J connectivity index is 1.27. The Morgan fingerprint density at radius 2 is 1.70 bits per heavy atom. The average Bonchev–Trinajstić information content (AvgIpc) is 3.90. The van der Waals surface area contributed by atoms with E-state index in [1.165, 1.54) is 17.0 Å². The molecule has 0 radical (unpaired) electrons. The zero-order valence-electron chi connectivity index (χ0n) is 29.2. The number of phenols is 1. The molecule has 1 aliphatic carbocycles. The highest BCUT2D eigenvalue weighted by Crippen LogP contribution is 2.48. The summed E-state index contributed by atoms with van der Waals surface area (Å²) >= 11 is 0. The van der Waals surface area contributed by atoms with Crippen LogP contribution in [-0.4, -0.2) is 106 Å². The Morgan fingerprint density at radius 1 is 1.00 bits per heavy atom. The number of halogens is 9. The molecule has 9 rings (SSSR count).